The molecule has 3 heteroatoms. The monoisotopic (exact) mass is 304 g/mol. The van der Waals surface area contributed by atoms with E-state index < -0.39 is 0 Å². The van der Waals surface area contributed by atoms with Crippen LogP contribution in [0.3, 0.4) is 0 Å². The van der Waals surface area contributed by atoms with Crippen molar-refractivity contribution in [3.05, 3.63) is 34.9 Å². The number of rotatable bonds is 7. The van der Waals surface area contributed by atoms with Gasteiger partial charge in [0.2, 0.25) is 0 Å². The van der Waals surface area contributed by atoms with Crippen LogP contribution in [0.4, 0.5) is 0 Å². The lowest BCUT2D eigenvalue weighted by Gasteiger charge is -2.35. The number of benzene rings is 1. The number of nitrogens with one attached hydrogen (secondary N) is 1. The maximum atomic E-state index is 5.78. The van der Waals surface area contributed by atoms with Gasteiger partial charge >= 0.3 is 0 Å². The molecule has 124 valence electrons. The molecule has 0 saturated carbocycles. The van der Waals surface area contributed by atoms with Crippen molar-refractivity contribution in [3.63, 3.8) is 0 Å². The fraction of sp³-hybridized carbons (Fsp3) is 0.684. The molecular weight excluding hydrogens is 272 g/mol. The second kappa shape index (κ2) is 8.66. The van der Waals surface area contributed by atoms with Crippen LogP contribution >= 0.6 is 0 Å². The minimum absolute atomic E-state index is 0.381. The van der Waals surface area contributed by atoms with Crippen molar-refractivity contribution >= 4 is 0 Å². The third-order valence-corrected chi connectivity index (χ3v) is 4.61. The van der Waals surface area contributed by atoms with Gasteiger partial charge in [-0.05, 0) is 70.3 Å². The van der Waals surface area contributed by atoms with E-state index in [1.165, 1.54) is 36.1 Å². The standard InChI is InChI=1S/C19H32N2O/c1-15-8-7-9-19(18(15)4)12-20-10-5-6-11-21-13-16(2)22-17(3)14-21/h7-9,16-17,20H,5-6,10-14H2,1-4H3. The molecule has 1 N–H and O–H groups in total. The van der Waals surface area contributed by atoms with E-state index >= 15 is 0 Å². The Hall–Kier alpha value is -0.900. The summed E-state index contributed by atoms with van der Waals surface area (Å²) in [5.41, 5.74) is 4.23. The van der Waals surface area contributed by atoms with Crippen molar-refractivity contribution in [1.82, 2.24) is 10.2 Å². The number of hydrogen-bond acceptors (Lipinski definition) is 3. The Kier molecular flexibility index (Phi) is 6.87. The molecular formula is C19H32N2O. The van der Waals surface area contributed by atoms with Crippen LogP contribution in [0.5, 0.6) is 0 Å². The summed E-state index contributed by atoms with van der Waals surface area (Å²) < 4.78 is 5.78. The summed E-state index contributed by atoms with van der Waals surface area (Å²) in [4.78, 5) is 2.55. The molecule has 2 rings (SSSR count). The van der Waals surface area contributed by atoms with Gasteiger partial charge in [-0.15, -0.1) is 0 Å². The van der Waals surface area contributed by atoms with E-state index in [4.69, 9.17) is 4.74 Å². The highest BCUT2D eigenvalue weighted by molar-refractivity contribution is 5.32. The molecule has 0 radical (unpaired) electrons. The van der Waals surface area contributed by atoms with Crippen molar-refractivity contribution in [1.29, 1.82) is 0 Å². The van der Waals surface area contributed by atoms with Gasteiger partial charge in [0, 0.05) is 19.6 Å². The Morgan fingerprint density at radius 2 is 1.86 bits per heavy atom. The first kappa shape index (κ1) is 17.5. The minimum Gasteiger partial charge on any atom is -0.373 e. The summed E-state index contributed by atoms with van der Waals surface area (Å²) in [6.07, 6.45) is 3.27. The third kappa shape index (κ3) is 5.38. The maximum Gasteiger partial charge on any atom is 0.0678 e. The number of hydrogen-bond donors (Lipinski definition) is 1. The van der Waals surface area contributed by atoms with Gasteiger partial charge in [0.05, 0.1) is 12.2 Å². The first-order valence-electron chi connectivity index (χ1n) is 8.70. The molecule has 3 nitrogen and oxygen atoms in total. The van der Waals surface area contributed by atoms with Gasteiger partial charge < -0.3 is 10.1 Å². The topological polar surface area (TPSA) is 24.5 Å². The minimum atomic E-state index is 0.381. The summed E-state index contributed by atoms with van der Waals surface area (Å²) in [6.45, 7) is 14.2. The van der Waals surface area contributed by atoms with Crippen LogP contribution in [0.25, 0.3) is 0 Å². The van der Waals surface area contributed by atoms with Gasteiger partial charge in [0.15, 0.2) is 0 Å². The molecule has 1 heterocycles. The van der Waals surface area contributed by atoms with Crippen LogP contribution in [0.1, 0.15) is 43.4 Å². The zero-order chi connectivity index (χ0) is 15.9. The molecule has 0 spiro atoms. The van der Waals surface area contributed by atoms with E-state index in [9.17, 15) is 0 Å². The molecule has 1 fully saturated rings. The lowest BCUT2D eigenvalue weighted by molar-refractivity contribution is -0.0681. The normalized spacial score (nSPS) is 22.9. The summed E-state index contributed by atoms with van der Waals surface area (Å²) in [5, 5.41) is 3.58. The molecule has 1 saturated heterocycles. The molecule has 1 aromatic carbocycles. The predicted octanol–water partition coefficient (Wildman–Crippen LogP) is 3.28. The Morgan fingerprint density at radius 1 is 1.14 bits per heavy atom. The summed E-state index contributed by atoms with van der Waals surface area (Å²) in [7, 11) is 0. The molecule has 0 amide bonds. The third-order valence-electron chi connectivity index (χ3n) is 4.61. The van der Waals surface area contributed by atoms with E-state index in [1.807, 2.05) is 0 Å². The first-order chi connectivity index (χ1) is 10.6. The first-order valence-corrected chi connectivity index (χ1v) is 8.70. The molecule has 0 aromatic heterocycles. The molecule has 22 heavy (non-hydrogen) atoms. The maximum absolute atomic E-state index is 5.78. The fourth-order valence-electron chi connectivity index (χ4n) is 3.28. The molecule has 0 bridgehead atoms. The van der Waals surface area contributed by atoms with Crippen LogP contribution in [-0.4, -0.2) is 43.3 Å². The molecule has 1 aliphatic heterocycles. The van der Waals surface area contributed by atoms with Crippen LogP contribution in [-0.2, 0) is 11.3 Å². The van der Waals surface area contributed by atoms with Gasteiger partial charge in [0.1, 0.15) is 0 Å². The Labute approximate surface area is 136 Å². The van der Waals surface area contributed by atoms with Crippen molar-refractivity contribution < 1.29 is 4.74 Å². The van der Waals surface area contributed by atoms with E-state index in [-0.39, 0.29) is 0 Å². The lowest BCUT2D eigenvalue weighted by Crippen LogP contribution is -2.45. The zero-order valence-electron chi connectivity index (χ0n) is 14.7. The number of morpholine rings is 1. The van der Waals surface area contributed by atoms with Gasteiger partial charge in [-0.2, -0.15) is 0 Å². The predicted molar refractivity (Wildman–Crippen MR) is 93.3 cm³/mol. The average Bonchev–Trinajstić information content (AvgIpc) is 2.46. The molecule has 0 aliphatic carbocycles. The largest absolute Gasteiger partial charge is 0.373 e. The van der Waals surface area contributed by atoms with Crippen LogP contribution in [0, 0.1) is 13.8 Å². The SMILES string of the molecule is Cc1cccc(CNCCCCN2CC(C)OC(C)C2)c1C. The Bertz CT molecular complexity index is 451. The van der Waals surface area contributed by atoms with Crippen molar-refractivity contribution in [2.24, 2.45) is 0 Å². The van der Waals surface area contributed by atoms with Crippen molar-refractivity contribution in [3.8, 4) is 0 Å². The zero-order valence-corrected chi connectivity index (χ0v) is 14.7. The second-order valence-electron chi connectivity index (χ2n) is 6.76. The number of nitrogens with zero attached hydrogens (tertiary/aromatic N) is 1. The van der Waals surface area contributed by atoms with Crippen LogP contribution in [0.15, 0.2) is 18.2 Å². The summed E-state index contributed by atoms with van der Waals surface area (Å²) in [5.74, 6) is 0. The van der Waals surface area contributed by atoms with Crippen molar-refractivity contribution in [2.45, 2.75) is 59.3 Å². The highest BCUT2D eigenvalue weighted by atomic mass is 16.5. The number of ether oxygens (including phenoxy) is 1. The average molecular weight is 304 g/mol. The van der Waals surface area contributed by atoms with Gasteiger partial charge in [-0.1, -0.05) is 18.2 Å². The lowest BCUT2D eigenvalue weighted by atomic mass is 10.0. The second-order valence-corrected chi connectivity index (χ2v) is 6.76. The summed E-state index contributed by atoms with van der Waals surface area (Å²) >= 11 is 0. The molecule has 1 aliphatic rings. The summed E-state index contributed by atoms with van der Waals surface area (Å²) in [6, 6.07) is 6.56. The van der Waals surface area contributed by atoms with Crippen molar-refractivity contribution in [2.75, 3.05) is 26.2 Å². The number of unbranched alkanes of at least 4 members (excludes halogenated alkanes) is 1. The highest BCUT2D eigenvalue weighted by Gasteiger charge is 2.21. The van der Waals surface area contributed by atoms with E-state index in [0.717, 1.165) is 26.2 Å². The highest BCUT2D eigenvalue weighted by Crippen LogP contribution is 2.13. The fourth-order valence-corrected chi connectivity index (χ4v) is 3.28. The van der Waals surface area contributed by atoms with Gasteiger partial charge in [0.25, 0.3) is 0 Å². The van der Waals surface area contributed by atoms with E-state index in [2.05, 4.69) is 56.1 Å². The molecule has 2 unspecified atom stereocenters. The Morgan fingerprint density at radius 3 is 2.59 bits per heavy atom. The van der Waals surface area contributed by atoms with E-state index in [0.29, 0.717) is 12.2 Å². The quantitative estimate of drug-likeness (QED) is 0.782. The van der Waals surface area contributed by atoms with Gasteiger partial charge in [-0.25, -0.2) is 0 Å². The molecule has 2 atom stereocenters. The van der Waals surface area contributed by atoms with Crippen LogP contribution in [0.2, 0.25) is 0 Å². The Balaban J connectivity index is 1.59. The van der Waals surface area contributed by atoms with Crippen LogP contribution < -0.4 is 5.32 Å². The smallest absolute Gasteiger partial charge is 0.0678 e. The van der Waals surface area contributed by atoms with Gasteiger partial charge in [-0.3, -0.25) is 4.90 Å². The van der Waals surface area contributed by atoms with E-state index in [1.54, 1.807) is 0 Å². The number of aryl methyl sites for hydroxylation is 1. The molecule has 1 aromatic rings.